The van der Waals surface area contributed by atoms with Crippen molar-refractivity contribution in [3.8, 4) is 5.69 Å². The maximum absolute atomic E-state index is 13.7. The molecule has 4 nitrogen and oxygen atoms in total. The topological polar surface area (TPSA) is 50.1 Å². The summed E-state index contributed by atoms with van der Waals surface area (Å²) >= 11 is 0. The van der Waals surface area contributed by atoms with Gasteiger partial charge in [-0.25, -0.2) is 9.37 Å². The van der Waals surface area contributed by atoms with Crippen molar-refractivity contribution in [2.45, 2.75) is 19.1 Å². The Labute approximate surface area is 140 Å². The zero-order valence-corrected chi connectivity index (χ0v) is 13.4. The smallest absolute Gasteiger partial charge is 0.129 e. The molecule has 0 fully saturated rings. The fraction of sp³-hybridized carbons (Fsp3) is 0.211. The maximum atomic E-state index is 13.7. The number of benzene rings is 2. The van der Waals surface area contributed by atoms with Crippen LogP contribution >= 0.6 is 0 Å². The molecule has 0 radical (unpaired) electrons. The molecule has 3 aromatic rings. The number of hydrogen-bond donors (Lipinski definition) is 2. The summed E-state index contributed by atoms with van der Waals surface area (Å²) in [5.41, 5.74) is 2.42. The van der Waals surface area contributed by atoms with Crippen LogP contribution < -0.4 is 5.32 Å². The van der Waals surface area contributed by atoms with Gasteiger partial charge in [-0.2, -0.15) is 0 Å². The molecule has 0 saturated carbocycles. The van der Waals surface area contributed by atoms with Crippen LogP contribution in [0.4, 0.5) is 4.39 Å². The minimum absolute atomic E-state index is 0.0231. The van der Waals surface area contributed by atoms with Crippen molar-refractivity contribution in [3.05, 3.63) is 84.2 Å². The van der Waals surface area contributed by atoms with Crippen LogP contribution in [0.5, 0.6) is 0 Å². The monoisotopic (exact) mass is 325 g/mol. The fourth-order valence-corrected chi connectivity index (χ4v) is 2.63. The first-order chi connectivity index (χ1) is 11.6. The zero-order chi connectivity index (χ0) is 16.9. The Balaban J connectivity index is 1.66. The molecule has 0 aliphatic heterocycles. The highest BCUT2D eigenvalue weighted by Gasteiger charge is 2.14. The molecule has 0 saturated heterocycles. The Hall–Kier alpha value is -2.50. The van der Waals surface area contributed by atoms with Gasteiger partial charge in [0.05, 0.1) is 12.4 Å². The minimum Gasteiger partial charge on any atom is -0.387 e. The third kappa shape index (κ3) is 3.69. The van der Waals surface area contributed by atoms with E-state index in [-0.39, 0.29) is 18.4 Å². The summed E-state index contributed by atoms with van der Waals surface area (Å²) in [5, 5.41) is 13.4. The van der Waals surface area contributed by atoms with Crippen molar-refractivity contribution < 1.29 is 9.50 Å². The summed E-state index contributed by atoms with van der Waals surface area (Å²) in [5.74, 6) is -0.387. The van der Waals surface area contributed by atoms with Crippen LogP contribution in [0.25, 0.3) is 5.69 Å². The lowest BCUT2D eigenvalue weighted by Gasteiger charge is -2.19. The van der Waals surface area contributed by atoms with Crippen LogP contribution in [0.2, 0.25) is 0 Å². The van der Waals surface area contributed by atoms with Gasteiger partial charge in [0.15, 0.2) is 0 Å². The molecular formula is C19H20FN3O. The van der Waals surface area contributed by atoms with Gasteiger partial charge >= 0.3 is 0 Å². The number of aliphatic hydroxyl groups is 1. The van der Waals surface area contributed by atoms with Crippen LogP contribution in [0.3, 0.4) is 0 Å². The molecule has 1 aromatic heterocycles. The molecule has 2 aromatic carbocycles. The van der Waals surface area contributed by atoms with Gasteiger partial charge in [-0.1, -0.05) is 30.3 Å². The summed E-state index contributed by atoms with van der Waals surface area (Å²) in [4.78, 5) is 4.05. The fourth-order valence-electron chi connectivity index (χ4n) is 2.63. The maximum Gasteiger partial charge on any atom is 0.129 e. The Morgan fingerprint density at radius 3 is 2.79 bits per heavy atom. The number of nitrogens with zero attached hydrogens (tertiary/aromatic N) is 2. The molecule has 3 rings (SSSR count). The lowest BCUT2D eigenvalue weighted by molar-refractivity contribution is 0.166. The van der Waals surface area contributed by atoms with E-state index in [1.807, 2.05) is 35.9 Å². The van der Waals surface area contributed by atoms with Gasteiger partial charge in [0.25, 0.3) is 0 Å². The van der Waals surface area contributed by atoms with E-state index in [4.69, 9.17) is 0 Å². The van der Waals surface area contributed by atoms with E-state index >= 15 is 0 Å². The van der Waals surface area contributed by atoms with Gasteiger partial charge in [0, 0.05) is 36.2 Å². The van der Waals surface area contributed by atoms with E-state index in [0.717, 1.165) is 11.3 Å². The third-order valence-corrected chi connectivity index (χ3v) is 4.05. The van der Waals surface area contributed by atoms with E-state index in [1.54, 1.807) is 30.7 Å². The number of imidazole rings is 1. The number of halogens is 1. The highest BCUT2D eigenvalue weighted by Crippen LogP contribution is 2.19. The van der Waals surface area contributed by atoms with Gasteiger partial charge in [0.2, 0.25) is 0 Å². The highest BCUT2D eigenvalue weighted by molar-refractivity contribution is 5.37. The van der Waals surface area contributed by atoms with E-state index in [1.165, 1.54) is 6.07 Å². The number of hydrogen-bond acceptors (Lipinski definition) is 3. The van der Waals surface area contributed by atoms with Crippen LogP contribution in [0, 0.1) is 5.82 Å². The molecule has 0 aliphatic rings. The average Bonchev–Trinajstić information content (AvgIpc) is 3.14. The summed E-state index contributed by atoms with van der Waals surface area (Å²) < 4.78 is 15.6. The summed E-state index contributed by atoms with van der Waals surface area (Å²) in [6, 6.07) is 14.4. The van der Waals surface area contributed by atoms with Crippen molar-refractivity contribution in [3.63, 3.8) is 0 Å². The number of aliphatic hydroxyl groups excluding tert-OH is 1. The predicted octanol–water partition coefficient (Wildman–Crippen LogP) is 3.40. The molecule has 2 N–H and O–H groups in total. The van der Waals surface area contributed by atoms with E-state index < -0.39 is 6.10 Å². The predicted molar refractivity (Wildman–Crippen MR) is 91.3 cm³/mol. The standard InChI is InChI=1S/C19H20FN3O/c1-14(22-12-19(24)17-7-2-3-8-18(17)20)15-5-4-6-16(11-15)23-10-9-21-13-23/h2-11,13-14,19,22,24H,12H2,1H3/t14-,19+/m1/s1. The van der Waals surface area contributed by atoms with Gasteiger partial charge in [-0.3, -0.25) is 0 Å². The van der Waals surface area contributed by atoms with Gasteiger partial charge in [-0.05, 0) is 30.7 Å². The van der Waals surface area contributed by atoms with E-state index in [0.29, 0.717) is 5.56 Å². The normalized spacial score (nSPS) is 13.6. The number of rotatable bonds is 6. The molecule has 124 valence electrons. The second-order valence-corrected chi connectivity index (χ2v) is 5.73. The average molecular weight is 325 g/mol. The Morgan fingerprint density at radius 2 is 2.04 bits per heavy atom. The molecule has 5 heteroatoms. The lowest BCUT2D eigenvalue weighted by atomic mass is 10.1. The molecule has 0 spiro atoms. The van der Waals surface area contributed by atoms with Gasteiger partial charge < -0.3 is 15.0 Å². The second kappa shape index (κ2) is 7.38. The first-order valence-corrected chi connectivity index (χ1v) is 7.89. The molecule has 0 bridgehead atoms. The first-order valence-electron chi connectivity index (χ1n) is 7.89. The Morgan fingerprint density at radius 1 is 1.21 bits per heavy atom. The highest BCUT2D eigenvalue weighted by atomic mass is 19.1. The summed E-state index contributed by atoms with van der Waals surface area (Å²) in [6.45, 7) is 2.29. The number of aromatic nitrogens is 2. The van der Waals surface area contributed by atoms with Crippen LogP contribution in [-0.2, 0) is 0 Å². The SMILES string of the molecule is C[C@@H](NC[C@H](O)c1ccccc1F)c1cccc(-n2ccnc2)c1. The molecule has 1 heterocycles. The molecule has 0 unspecified atom stereocenters. The second-order valence-electron chi connectivity index (χ2n) is 5.73. The largest absolute Gasteiger partial charge is 0.387 e. The molecular weight excluding hydrogens is 305 g/mol. The molecule has 0 aliphatic carbocycles. The van der Waals surface area contributed by atoms with Crippen LogP contribution in [-0.4, -0.2) is 21.2 Å². The van der Waals surface area contributed by atoms with Crippen molar-refractivity contribution in [2.24, 2.45) is 0 Å². The van der Waals surface area contributed by atoms with Gasteiger partial charge in [-0.15, -0.1) is 0 Å². The quantitative estimate of drug-likeness (QED) is 0.730. The van der Waals surface area contributed by atoms with Crippen LogP contribution in [0.1, 0.15) is 30.2 Å². The van der Waals surface area contributed by atoms with Gasteiger partial charge in [0.1, 0.15) is 5.82 Å². The zero-order valence-electron chi connectivity index (χ0n) is 13.4. The third-order valence-electron chi connectivity index (χ3n) is 4.05. The Kier molecular flexibility index (Phi) is 5.03. The molecule has 0 amide bonds. The first kappa shape index (κ1) is 16.4. The Bertz CT molecular complexity index is 789. The summed E-state index contributed by atoms with van der Waals surface area (Å²) in [7, 11) is 0. The summed E-state index contributed by atoms with van der Waals surface area (Å²) in [6.07, 6.45) is 4.49. The molecule has 2 atom stereocenters. The minimum atomic E-state index is -0.884. The van der Waals surface area contributed by atoms with Crippen molar-refractivity contribution in [1.29, 1.82) is 0 Å². The van der Waals surface area contributed by atoms with E-state index in [2.05, 4.69) is 16.4 Å². The lowest BCUT2D eigenvalue weighted by Crippen LogP contribution is -2.25. The number of nitrogens with one attached hydrogen (secondary N) is 1. The van der Waals surface area contributed by atoms with Crippen LogP contribution in [0.15, 0.2) is 67.3 Å². The van der Waals surface area contributed by atoms with E-state index in [9.17, 15) is 9.50 Å². The van der Waals surface area contributed by atoms with Crippen molar-refractivity contribution in [1.82, 2.24) is 14.9 Å². The van der Waals surface area contributed by atoms with Crippen molar-refractivity contribution >= 4 is 0 Å². The van der Waals surface area contributed by atoms with Crippen molar-refractivity contribution in [2.75, 3.05) is 6.54 Å². The molecule has 24 heavy (non-hydrogen) atoms.